The van der Waals surface area contributed by atoms with E-state index in [1.165, 1.54) is 22.3 Å². The molecular formula is C22H16N2O2. The number of ether oxygens (including phenoxy) is 1. The molecule has 1 aliphatic carbocycles. The molecule has 0 atom stereocenters. The van der Waals surface area contributed by atoms with Crippen LogP contribution in [0.25, 0.3) is 11.1 Å². The SMILES string of the molecule is N#Cc1ccccc1OCC(=O)Nc1ccc2c(c1)Cc1ccccc1-2. The van der Waals surface area contributed by atoms with Crippen molar-refractivity contribution < 1.29 is 9.53 Å². The first-order chi connectivity index (χ1) is 12.7. The molecule has 3 aromatic carbocycles. The fraction of sp³-hybridized carbons (Fsp3) is 0.0909. The maximum atomic E-state index is 12.2. The van der Waals surface area contributed by atoms with Gasteiger partial charge in [0, 0.05) is 5.69 Å². The lowest BCUT2D eigenvalue weighted by Crippen LogP contribution is -2.20. The molecule has 4 heteroatoms. The van der Waals surface area contributed by atoms with E-state index in [1.54, 1.807) is 24.3 Å². The van der Waals surface area contributed by atoms with E-state index in [0.29, 0.717) is 11.3 Å². The number of hydrogen-bond acceptors (Lipinski definition) is 3. The van der Waals surface area contributed by atoms with Crippen molar-refractivity contribution in [1.82, 2.24) is 0 Å². The summed E-state index contributed by atoms with van der Waals surface area (Å²) in [6.45, 7) is -0.143. The Bertz CT molecular complexity index is 1030. The quantitative estimate of drug-likeness (QED) is 0.607. The van der Waals surface area contributed by atoms with Gasteiger partial charge in [-0.15, -0.1) is 0 Å². The second-order valence-corrected chi connectivity index (χ2v) is 6.15. The number of para-hydroxylation sites is 1. The third-order valence-electron chi connectivity index (χ3n) is 4.44. The summed E-state index contributed by atoms with van der Waals surface area (Å²) in [4.78, 5) is 12.2. The number of rotatable bonds is 4. The minimum Gasteiger partial charge on any atom is -0.482 e. The molecule has 0 radical (unpaired) electrons. The van der Waals surface area contributed by atoms with Gasteiger partial charge in [0.1, 0.15) is 11.8 Å². The van der Waals surface area contributed by atoms with Crippen molar-refractivity contribution in [1.29, 1.82) is 5.26 Å². The van der Waals surface area contributed by atoms with Crippen LogP contribution < -0.4 is 10.1 Å². The predicted octanol–water partition coefficient (Wildman–Crippen LogP) is 4.15. The van der Waals surface area contributed by atoms with Crippen LogP contribution in [0, 0.1) is 11.3 Å². The van der Waals surface area contributed by atoms with Gasteiger partial charge in [-0.3, -0.25) is 4.79 Å². The minimum atomic E-state index is -0.256. The first-order valence-corrected chi connectivity index (χ1v) is 8.37. The zero-order chi connectivity index (χ0) is 17.9. The van der Waals surface area contributed by atoms with E-state index >= 15 is 0 Å². The molecule has 0 saturated heterocycles. The van der Waals surface area contributed by atoms with E-state index in [9.17, 15) is 4.79 Å². The molecule has 0 saturated carbocycles. The molecular weight excluding hydrogens is 324 g/mol. The van der Waals surface area contributed by atoms with Gasteiger partial charge in [0.15, 0.2) is 6.61 Å². The Kier molecular flexibility index (Phi) is 4.12. The fourth-order valence-corrected chi connectivity index (χ4v) is 3.25. The summed E-state index contributed by atoms with van der Waals surface area (Å²) < 4.78 is 5.47. The molecule has 0 unspecified atom stereocenters. The summed E-state index contributed by atoms with van der Waals surface area (Å²) in [5.41, 5.74) is 6.16. The van der Waals surface area contributed by atoms with Crippen LogP contribution in [0.1, 0.15) is 16.7 Å². The number of fused-ring (bicyclic) bond motifs is 3. The van der Waals surface area contributed by atoms with Crippen LogP contribution >= 0.6 is 0 Å². The predicted molar refractivity (Wildman–Crippen MR) is 100.0 cm³/mol. The molecule has 126 valence electrons. The van der Waals surface area contributed by atoms with Gasteiger partial charge in [-0.1, -0.05) is 42.5 Å². The normalized spacial score (nSPS) is 11.2. The van der Waals surface area contributed by atoms with E-state index in [4.69, 9.17) is 10.00 Å². The first kappa shape index (κ1) is 15.9. The van der Waals surface area contributed by atoms with Crippen molar-refractivity contribution in [3.8, 4) is 22.9 Å². The maximum Gasteiger partial charge on any atom is 0.262 e. The zero-order valence-electron chi connectivity index (χ0n) is 14.0. The monoisotopic (exact) mass is 340 g/mol. The molecule has 3 aromatic rings. The zero-order valence-corrected chi connectivity index (χ0v) is 14.0. The molecule has 4 nitrogen and oxygen atoms in total. The summed E-state index contributed by atoms with van der Waals surface area (Å²) >= 11 is 0. The highest BCUT2D eigenvalue weighted by Gasteiger charge is 2.18. The standard InChI is InChI=1S/C22H16N2O2/c23-13-16-6-2-4-8-21(16)26-14-22(25)24-18-9-10-20-17(12-18)11-15-5-1-3-7-19(15)20/h1-10,12H,11,14H2,(H,24,25). The topological polar surface area (TPSA) is 62.1 Å². The van der Waals surface area contributed by atoms with Gasteiger partial charge in [-0.05, 0) is 52.9 Å². The number of anilines is 1. The van der Waals surface area contributed by atoms with E-state index in [0.717, 1.165) is 12.1 Å². The number of benzene rings is 3. The van der Waals surface area contributed by atoms with Gasteiger partial charge in [-0.25, -0.2) is 0 Å². The molecule has 1 N–H and O–H groups in total. The highest BCUT2D eigenvalue weighted by Crippen LogP contribution is 2.37. The van der Waals surface area contributed by atoms with Crippen LogP contribution in [0.4, 0.5) is 5.69 Å². The second-order valence-electron chi connectivity index (χ2n) is 6.15. The molecule has 4 rings (SSSR count). The lowest BCUT2D eigenvalue weighted by atomic mass is 10.1. The van der Waals surface area contributed by atoms with Crippen LogP contribution in [0.3, 0.4) is 0 Å². The molecule has 26 heavy (non-hydrogen) atoms. The average molecular weight is 340 g/mol. The largest absolute Gasteiger partial charge is 0.482 e. The Hall–Kier alpha value is -3.58. The molecule has 0 fully saturated rings. The summed E-state index contributed by atoms with van der Waals surface area (Å²) in [5, 5.41) is 11.9. The van der Waals surface area contributed by atoms with Crippen LogP contribution in [-0.2, 0) is 11.2 Å². The smallest absolute Gasteiger partial charge is 0.262 e. The van der Waals surface area contributed by atoms with Crippen molar-refractivity contribution >= 4 is 11.6 Å². The summed E-state index contributed by atoms with van der Waals surface area (Å²) in [6, 6.07) is 23.2. The minimum absolute atomic E-state index is 0.143. The van der Waals surface area contributed by atoms with Crippen molar-refractivity contribution in [2.45, 2.75) is 6.42 Å². The highest BCUT2D eigenvalue weighted by molar-refractivity contribution is 5.93. The molecule has 0 spiro atoms. The molecule has 0 aliphatic heterocycles. The summed E-state index contributed by atoms with van der Waals surface area (Å²) in [5.74, 6) is 0.155. The van der Waals surface area contributed by atoms with Crippen molar-refractivity contribution in [2.24, 2.45) is 0 Å². The summed E-state index contributed by atoms with van der Waals surface area (Å²) in [6.07, 6.45) is 0.876. The Balaban J connectivity index is 1.43. The van der Waals surface area contributed by atoms with Gasteiger partial charge >= 0.3 is 0 Å². The van der Waals surface area contributed by atoms with E-state index in [-0.39, 0.29) is 12.5 Å². The maximum absolute atomic E-state index is 12.2. The number of carbonyl (C=O) groups is 1. The number of amides is 1. The third kappa shape index (κ3) is 3.03. The van der Waals surface area contributed by atoms with Crippen molar-refractivity contribution in [3.63, 3.8) is 0 Å². The number of nitrogens with one attached hydrogen (secondary N) is 1. The number of carbonyl (C=O) groups excluding carboxylic acids is 1. The highest BCUT2D eigenvalue weighted by atomic mass is 16.5. The Labute approximate surface area is 151 Å². The number of nitriles is 1. The Morgan fingerprint density at radius 1 is 1.00 bits per heavy atom. The van der Waals surface area contributed by atoms with Crippen molar-refractivity contribution in [3.05, 3.63) is 83.4 Å². The van der Waals surface area contributed by atoms with Gasteiger partial charge in [0.05, 0.1) is 5.56 Å². The fourth-order valence-electron chi connectivity index (χ4n) is 3.25. The molecule has 0 aromatic heterocycles. The first-order valence-electron chi connectivity index (χ1n) is 8.37. The molecule has 1 aliphatic rings. The van der Waals surface area contributed by atoms with Crippen LogP contribution in [0.2, 0.25) is 0 Å². The number of hydrogen-bond donors (Lipinski definition) is 1. The van der Waals surface area contributed by atoms with Gasteiger partial charge in [-0.2, -0.15) is 5.26 Å². The molecule has 1 amide bonds. The average Bonchev–Trinajstić information content (AvgIpc) is 3.04. The summed E-state index contributed by atoms with van der Waals surface area (Å²) in [7, 11) is 0. The lowest BCUT2D eigenvalue weighted by Gasteiger charge is -2.10. The third-order valence-corrected chi connectivity index (χ3v) is 4.44. The van der Waals surface area contributed by atoms with Crippen molar-refractivity contribution in [2.75, 3.05) is 11.9 Å². The molecule has 0 bridgehead atoms. The van der Waals surface area contributed by atoms with Crippen LogP contribution in [-0.4, -0.2) is 12.5 Å². The van der Waals surface area contributed by atoms with Gasteiger partial charge in [0.2, 0.25) is 0 Å². The van der Waals surface area contributed by atoms with E-state index in [1.807, 2.05) is 36.4 Å². The second kappa shape index (κ2) is 6.73. The Morgan fingerprint density at radius 2 is 1.77 bits per heavy atom. The Morgan fingerprint density at radius 3 is 2.65 bits per heavy atom. The van der Waals surface area contributed by atoms with Gasteiger partial charge in [0.25, 0.3) is 5.91 Å². The number of nitrogens with zero attached hydrogens (tertiary/aromatic N) is 1. The van der Waals surface area contributed by atoms with Crippen LogP contribution in [0.5, 0.6) is 5.75 Å². The van der Waals surface area contributed by atoms with E-state index < -0.39 is 0 Å². The van der Waals surface area contributed by atoms with Gasteiger partial charge < -0.3 is 10.1 Å². The van der Waals surface area contributed by atoms with Crippen LogP contribution in [0.15, 0.2) is 66.7 Å². The lowest BCUT2D eigenvalue weighted by molar-refractivity contribution is -0.118. The molecule has 0 heterocycles. The van der Waals surface area contributed by atoms with E-state index in [2.05, 4.69) is 17.4 Å².